The Morgan fingerprint density at radius 2 is 1.34 bits per heavy atom. The Bertz CT molecular complexity index is 1500. The predicted molar refractivity (Wildman–Crippen MR) is 154 cm³/mol. The lowest BCUT2D eigenvalue weighted by molar-refractivity contribution is 1.76. The summed E-state index contributed by atoms with van der Waals surface area (Å²) in [6, 6.07) is 11.2. The summed E-state index contributed by atoms with van der Waals surface area (Å²) in [5.74, 6) is 0. The van der Waals surface area contributed by atoms with Crippen molar-refractivity contribution in [2.75, 3.05) is 0 Å². The van der Waals surface area contributed by atoms with Gasteiger partial charge in [-0.25, -0.2) is 0 Å². The molecule has 0 nitrogen and oxygen atoms in total. The number of allylic oxidation sites excluding steroid dienone is 4. The van der Waals surface area contributed by atoms with Gasteiger partial charge in [-0.1, -0.05) is 12.1 Å². The van der Waals surface area contributed by atoms with E-state index >= 15 is 0 Å². The van der Waals surface area contributed by atoms with E-state index in [4.69, 9.17) is 0 Å². The molecule has 8 heteroatoms. The number of hydrogen-bond acceptors (Lipinski definition) is 4. The zero-order valence-corrected chi connectivity index (χ0v) is 23.4. The SMILES string of the molecule is [Si]=S1C=CC=C1C1=C(c2sccc2-c2sccc2-c2sccc2-c2cccs2)C=CS1=[Si]. The van der Waals surface area contributed by atoms with Crippen LogP contribution < -0.4 is 0 Å². The van der Waals surface area contributed by atoms with E-state index < -0.39 is 0 Å². The Labute approximate surface area is 213 Å². The van der Waals surface area contributed by atoms with Gasteiger partial charge in [0.2, 0.25) is 0 Å². The fraction of sp³-hybridized carbons (Fsp3) is 0. The van der Waals surface area contributed by atoms with Gasteiger partial charge in [0.15, 0.2) is 0 Å². The average molecular weight is 551 g/mol. The maximum absolute atomic E-state index is 3.99. The van der Waals surface area contributed by atoms with Crippen molar-refractivity contribution >= 4 is 88.6 Å². The lowest BCUT2D eigenvalue weighted by Crippen LogP contribution is -1.87. The van der Waals surface area contributed by atoms with E-state index in [1.807, 2.05) is 45.3 Å². The van der Waals surface area contributed by atoms with Crippen molar-refractivity contribution in [3.05, 3.63) is 95.6 Å². The maximum Gasteiger partial charge on any atom is 0.0869 e. The Morgan fingerprint density at radius 1 is 0.656 bits per heavy atom. The minimum Gasteiger partial charge on any atom is -0.156 e. The van der Waals surface area contributed by atoms with Gasteiger partial charge in [-0.05, 0) is 68.8 Å². The monoisotopic (exact) mass is 550 g/mol. The summed E-state index contributed by atoms with van der Waals surface area (Å²) in [6.45, 7) is 0. The second-order valence-corrected chi connectivity index (χ2v) is 16.1. The smallest absolute Gasteiger partial charge is 0.0869 e. The lowest BCUT2D eigenvalue weighted by Gasteiger charge is -2.13. The second kappa shape index (κ2) is 8.92. The van der Waals surface area contributed by atoms with Crippen LogP contribution in [0.1, 0.15) is 4.88 Å². The molecule has 0 fully saturated rings. The number of rotatable bonds is 5. The first-order valence-electron chi connectivity index (χ1n) is 9.70. The molecular formula is C24H14S6Si2. The molecule has 0 spiro atoms. The molecule has 6 rings (SSSR count). The molecule has 2 atom stereocenters. The molecule has 4 aromatic heterocycles. The molecular weight excluding hydrogens is 537 g/mol. The zero-order chi connectivity index (χ0) is 21.7. The quantitative estimate of drug-likeness (QED) is 0.217. The highest BCUT2D eigenvalue weighted by Gasteiger charge is 2.24. The molecule has 32 heavy (non-hydrogen) atoms. The van der Waals surface area contributed by atoms with Crippen LogP contribution in [0, 0.1) is 0 Å². The Morgan fingerprint density at radius 3 is 2.03 bits per heavy atom. The van der Waals surface area contributed by atoms with Crippen molar-refractivity contribution in [2.45, 2.75) is 0 Å². The molecule has 0 aliphatic carbocycles. The maximum atomic E-state index is 3.99. The van der Waals surface area contributed by atoms with Gasteiger partial charge in [0.25, 0.3) is 0 Å². The van der Waals surface area contributed by atoms with Crippen LogP contribution >= 0.6 is 65.1 Å². The highest BCUT2D eigenvalue weighted by molar-refractivity contribution is 8.28. The fourth-order valence-electron chi connectivity index (χ4n) is 3.88. The third-order valence-electron chi connectivity index (χ3n) is 5.27. The molecule has 154 valence electrons. The van der Waals surface area contributed by atoms with Gasteiger partial charge in [-0.2, -0.15) is 19.8 Å². The number of hydrogen-bond donors (Lipinski definition) is 0. The largest absolute Gasteiger partial charge is 0.156 e. The molecule has 2 aliphatic heterocycles. The van der Waals surface area contributed by atoms with Crippen LogP contribution in [0.2, 0.25) is 0 Å². The topological polar surface area (TPSA) is 0 Å². The molecule has 2 aliphatic rings. The van der Waals surface area contributed by atoms with Crippen LogP contribution in [0.3, 0.4) is 0 Å². The van der Waals surface area contributed by atoms with Crippen LogP contribution in [0.4, 0.5) is 0 Å². The molecule has 0 aromatic carbocycles. The van der Waals surface area contributed by atoms with Crippen LogP contribution in [0.15, 0.2) is 90.7 Å². The van der Waals surface area contributed by atoms with E-state index in [2.05, 4.69) is 98.8 Å². The van der Waals surface area contributed by atoms with Gasteiger partial charge < -0.3 is 0 Å². The summed E-state index contributed by atoms with van der Waals surface area (Å²) in [5.41, 5.74) is 5.38. The van der Waals surface area contributed by atoms with Gasteiger partial charge in [-0.15, -0.1) is 45.3 Å². The summed E-state index contributed by atoms with van der Waals surface area (Å²) in [4.78, 5) is 8.20. The molecule has 4 radical (unpaired) electrons. The summed E-state index contributed by atoms with van der Waals surface area (Å²) in [6.07, 6.45) is 6.72. The van der Waals surface area contributed by atoms with Gasteiger partial charge in [0.1, 0.15) is 0 Å². The molecule has 2 unspecified atom stereocenters. The minimum atomic E-state index is -0.0641. The van der Waals surface area contributed by atoms with Gasteiger partial charge in [-0.3, -0.25) is 0 Å². The van der Waals surface area contributed by atoms with Gasteiger partial charge >= 0.3 is 0 Å². The van der Waals surface area contributed by atoms with E-state index in [1.165, 1.54) is 51.6 Å². The van der Waals surface area contributed by atoms with E-state index in [0.717, 1.165) is 0 Å². The Balaban J connectivity index is 1.50. The molecule has 0 N–H and O–H groups in total. The first-order valence-corrected chi connectivity index (χ1v) is 18.2. The van der Waals surface area contributed by atoms with Crippen molar-refractivity contribution in [2.24, 2.45) is 0 Å². The predicted octanol–water partition coefficient (Wildman–Crippen LogP) is 9.29. The highest BCUT2D eigenvalue weighted by atomic mass is 32.3. The third kappa shape index (κ3) is 3.61. The van der Waals surface area contributed by atoms with Crippen LogP contribution in [0.5, 0.6) is 0 Å². The lowest BCUT2D eigenvalue weighted by atomic mass is 10.0. The molecule has 0 amide bonds. The summed E-state index contributed by atoms with van der Waals surface area (Å²) < 4.78 is 0. The third-order valence-corrected chi connectivity index (χ3v) is 13.8. The van der Waals surface area contributed by atoms with E-state index in [-0.39, 0.29) is 19.8 Å². The van der Waals surface area contributed by atoms with Crippen molar-refractivity contribution in [1.29, 1.82) is 0 Å². The normalized spacial score (nSPS) is 19.9. The first-order chi connectivity index (χ1) is 15.7. The first kappa shape index (κ1) is 21.4. The van der Waals surface area contributed by atoms with Crippen LogP contribution in [0.25, 0.3) is 36.9 Å². The van der Waals surface area contributed by atoms with Crippen molar-refractivity contribution < 1.29 is 0 Å². The molecule has 0 saturated carbocycles. The van der Waals surface area contributed by atoms with Crippen molar-refractivity contribution in [3.63, 3.8) is 0 Å². The second-order valence-electron chi connectivity index (χ2n) is 7.05. The standard InChI is InChI=1S/C24H14S6Si2/c31-29-13-2-4-20(29)24-18(8-14-30(24)32)23-17(7-12-28-23)22-16(6-11-27-22)21-15(5-10-26-21)19-3-1-9-25-19/h1-14H. The summed E-state index contributed by atoms with van der Waals surface area (Å²) >= 11 is 7.34. The Hall–Kier alpha value is -1.11. The molecule has 6 heterocycles. The van der Waals surface area contributed by atoms with E-state index in [0.29, 0.717) is 0 Å². The van der Waals surface area contributed by atoms with E-state index in [1.54, 1.807) is 0 Å². The molecule has 0 saturated heterocycles. The van der Waals surface area contributed by atoms with Crippen LogP contribution in [-0.4, -0.2) is 17.9 Å². The summed E-state index contributed by atoms with van der Waals surface area (Å²) in [5, 5.41) is 13.4. The zero-order valence-electron chi connectivity index (χ0n) is 16.5. The number of thiophene rings is 4. The van der Waals surface area contributed by atoms with Gasteiger partial charge in [0.05, 0.1) is 17.9 Å². The van der Waals surface area contributed by atoms with Crippen molar-refractivity contribution in [3.8, 4) is 31.3 Å². The minimum absolute atomic E-state index is 0.0217. The fourth-order valence-corrected chi connectivity index (χ4v) is 12.3. The van der Waals surface area contributed by atoms with Gasteiger partial charge in [0, 0.05) is 51.6 Å². The Kier molecular flexibility index (Phi) is 5.97. The summed E-state index contributed by atoms with van der Waals surface area (Å²) in [7, 11) is 7.81. The highest BCUT2D eigenvalue weighted by Crippen LogP contribution is 2.54. The van der Waals surface area contributed by atoms with E-state index in [9.17, 15) is 0 Å². The van der Waals surface area contributed by atoms with Crippen LogP contribution in [-0.2, 0) is 0 Å². The molecule has 4 aromatic rings. The van der Waals surface area contributed by atoms with Crippen molar-refractivity contribution in [1.82, 2.24) is 0 Å². The molecule has 0 bridgehead atoms. The average Bonchev–Trinajstić information content (AvgIpc) is 3.60.